The van der Waals surface area contributed by atoms with E-state index in [4.69, 9.17) is 5.11 Å². The molecule has 21 heavy (non-hydrogen) atoms. The highest BCUT2D eigenvalue weighted by Gasteiger charge is 2.04. The molecule has 0 amide bonds. The lowest BCUT2D eigenvalue weighted by Gasteiger charge is -2.24. The molecule has 0 aromatic heterocycles. The molecule has 0 aliphatic carbocycles. The number of nitrogens with one attached hydrogen (secondary N) is 2. The van der Waals surface area contributed by atoms with E-state index in [1.165, 1.54) is 11.3 Å². The molecule has 5 nitrogen and oxygen atoms in total. The molecule has 0 spiro atoms. The molecule has 0 bridgehead atoms. The highest BCUT2D eigenvalue weighted by Crippen LogP contribution is 2.14. The number of rotatable bonds is 8. The van der Waals surface area contributed by atoms with Crippen molar-refractivity contribution < 1.29 is 5.11 Å². The number of guanidine groups is 1. The van der Waals surface area contributed by atoms with Gasteiger partial charge in [-0.15, -0.1) is 0 Å². The van der Waals surface area contributed by atoms with Gasteiger partial charge in [-0.25, -0.2) is 0 Å². The van der Waals surface area contributed by atoms with Crippen molar-refractivity contribution in [1.29, 1.82) is 0 Å². The average molecular weight is 292 g/mol. The van der Waals surface area contributed by atoms with Gasteiger partial charge in [-0.3, -0.25) is 4.99 Å². The molecular formula is C16H28N4O. The topological polar surface area (TPSA) is 59.9 Å². The molecule has 1 rings (SSSR count). The van der Waals surface area contributed by atoms with Gasteiger partial charge in [0.2, 0.25) is 0 Å². The van der Waals surface area contributed by atoms with Crippen LogP contribution in [0.3, 0.4) is 0 Å². The Morgan fingerprint density at radius 2 is 2.10 bits per heavy atom. The lowest BCUT2D eigenvalue weighted by Crippen LogP contribution is -2.41. The first-order valence-corrected chi connectivity index (χ1v) is 7.65. The molecular weight excluding hydrogens is 264 g/mol. The Morgan fingerprint density at radius 1 is 1.29 bits per heavy atom. The number of benzene rings is 1. The number of aliphatic imine (C=N–C) groups is 1. The van der Waals surface area contributed by atoms with E-state index in [2.05, 4.69) is 58.6 Å². The van der Waals surface area contributed by atoms with Crippen molar-refractivity contribution in [2.75, 3.05) is 44.2 Å². The predicted octanol–water partition coefficient (Wildman–Crippen LogP) is 1.37. The van der Waals surface area contributed by atoms with Crippen molar-refractivity contribution in [2.45, 2.75) is 20.8 Å². The van der Waals surface area contributed by atoms with Crippen LogP contribution in [0.15, 0.2) is 29.3 Å². The van der Waals surface area contributed by atoms with Gasteiger partial charge in [0.05, 0.1) is 13.2 Å². The van der Waals surface area contributed by atoms with Gasteiger partial charge in [-0.05, 0) is 38.5 Å². The standard InChI is InChI=1S/C16H28N4O/c1-4-17-16(19-10-12-21)18-9-11-20(5-2)15-8-6-7-14(3)13-15/h6-8,13,21H,4-5,9-12H2,1-3H3,(H2,17,18,19). The Labute approximate surface area is 128 Å². The minimum absolute atomic E-state index is 0.0704. The fourth-order valence-electron chi connectivity index (χ4n) is 2.11. The summed E-state index contributed by atoms with van der Waals surface area (Å²) in [5.41, 5.74) is 2.52. The predicted molar refractivity (Wildman–Crippen MR) is 90.1 cm³/mol. The van der Waals surface area contributed by atoms with Gasteiger partial charge in [-0.1, -0.05) is 12.1 Å². The summed E-state index contributed by atoms with van der Waals surface area (Å²) < 4.78 is 0. The first-order valence-electron chi connectivity index (χ1n) is 7.65. The Kier molecular flexibility index (Phi) is 8.28. The minimum Gasteiger partial charge on any atom is -0.394 e. The normalized spacial score (nSPS) is 11.3. The van der Waals surface area contributed by atoms with E-state index in [0.717, 1.165) is 32.1 Å². The summed E-state index contributed by atoms with van der Waals surface area (Å²) >= 11 is 0. The molecule has 0 unspecified atom stereocenters. The zero-order valence-electron chi connectivity index (χ0n) is 13.4. The third kappa shape index (κ3) is 6.49. The summed E-state index contributed by atoms with van der Waals surface area (Å²) in [4.78, 5) is 6.60. The van der Waals surface area contributed by atoms with E-state index in [1.54, 1.807) is 0 Å². The maximum Gasteiger partial charge on any atom is 0.191 e. The largest absolute Gasteiger partial charge is 0.394 e. The summed E-state index contributed by atoms with van der Waals surface area (Å²) in [7, 11) is 0. The van der Waals surface area contributed by atoms with Crippen molar-refractivity contribution in [3.05, 3.63) is 29.8 Å². The van der Waals surface area contributed by atoms with Gasteiger partial charge >= 0.3 is 0 Å². The average Bonchev–Trinajstić information content (AvgIpc) is 2.49. The Bertz CT molecular complexity index is 434. The second-order valence-corrected chi connectivity index (χ2v) is 4.83. The van der Waals surface area contributed by atoms with E-state index in [9.17, 15) is 0 Å². The number of aryl methyl sites for hydroxylation is 1. The second kappa shape index (κ2) is 10.0. The molecule has 1 aromatic carbocycles. The van der Waals surface area contributed by atoms with Crippen LogP contribution in [0.4, 0.5) is 5.69 Å². The van der Waals surface area contributed by atoms with Crippen LogP contribution in [-0.4, -0.2) is 50.4 Å². The van der Waals surface area contributed by atoms with Crippen molar-refractivity contribution >= 4 is 11.6 Å². The van der Waals surface area contributed by atoms with Crippen LogP contribution in [0.2, 0.25) is 0 Å². The molecule has 0 aliphatic heterocycles. The quantitative estimate of drug-likeness (QED) is 0.500. The third-order valence-corrected chi connectivity index (χ3v) is 3.14. The Morgan fingerprint density at radius 3 is 2.71 bits per heavy atom. The van der Waals surface area contributed by atoms with Crippen LogP contribution in [0.1, 0.15) is 19.4 Å². The molecule has 3 N–H and O–H groups in total. The van der Waals surface area contributed by atoms with Gasteiger partial charge in [-0.2, -0.15) is 0 Å². The summed E-state index contributed by atoms with van der Waals surface area (Å²) in [6, 6.07) is 8.55. The molecule has 5 heteroatoms. The lowest BCUT2D eigenvalue weighted by molar-refractivity contribution is 0.306. The van der Waals surface area contributed by atoms with Crippen LogP contribution in [0.25, 0.3) is 0 Å². The minimum atomic E-state index is 0.0704. The number of anilines is 1. The fraction of sp³-hybridized carbons (Fsp3) is 0.562. The summed E-state index contributed by atoms with van der Waals surface area (Å²) in [5.74, 6) is 0.756. The summed E-state index contributed by atoms with van der Waals surface area (Å²) in [6.45, 7) is 10.3. The summed E-state index contributed by atoms with van der Waals surface area (Å²) in [5, 5.41) is 15.3. The van der Waals surface area contributed by atoms with Crippen molar-refractivity contribution in [2.24, 2.45) is 4.99 Å². The van der Waals surface area contributed by atoms with E-state index in [-0.39, 0.29) is 6.61 Å². The third-order valence-electron chi connectivity index (χ3n) is 3.14. The van der Waals surface area contributed by atoms with Crippen LogP contribution < -0.4 is 15.5 Å². The van der Waals surface area contributed by atoms with Gasteiger partial charge in [0.15, 0.2) is 5.96 Å². The van der Waals surface area contributed by atoms with Gasteiger partial charge in [0.1, 0.15) is 0 Å². The zero-order valence-corrected chi connectivity index (χ0v) is 13.4. The molecule has 0 radical (unpaired) electrons. The van der Waals surface area contributed by atoms with E-state index in [0.29, 0.717) is 6.54 Å². The van der Waals surface area contributed by atoms with Crippen molar-refractivity contribution in [3.8, 4) is 0 Å². The number of likely N-dealkylation sites (N-methyl/N-ethyl adjacent to an activating group) is 1. The molecule has 0 saturated heterocycles. The van der Waals surface area contributed by atoms with Crippen LogP contribution in [0, 0.1) is 6.92 Å². The van der Waals surface area contributed by atoms with E-state index in [1.807, 2.05) is 6.92 Å². The molecule has 0 heterocycles. The second-order valence-electron chi connectivity index (χ2n) is 4.83. The van der Waals surface area contributed by atoms with Crippen LogP contribution >= 0.6 is 0 Å². The van der Waals surface area contributed by atoms with Crippen molar-refractivity contribution in [1.82, 2.24) is 10.6 Å². The molecule has 0 saturated carbocycles. The smallest absolute Gasteiger partial charge is 0.191 e. The number of hydrogen-bond donors (Lipinski definition) is 3. The number of hydrogen-bond acceptors (Lipinski definition) is 3. The maximum absolute atomic E-state index is 8.84. The summed E-state index contributed by atoms with van der Waals surface area (Å²) in [6.07, 6.45) is 0. The fourth-order valence-corrected chi connectivity index (χ4v) is 2.11. The van der Waals surface area contributed by atoms with Crippen LogP contribution in [-0.2, 0) is 0 Å². The highest BCUT2D eigenvalue weighted by molar-refractivity contribution is 5.79. The highest BCUT2D eigenvalue weighted by atomic mass is 16.3. The maximum atomic E-state index is 8.84. The number of nitrogens with zero attached hydrogens (tertiary/aromatic N) is 2. The monoisotopic (exact) mass is 292 g/mol. The van der Waals surface area contributed by atoms with E-state index >= 15 is 0 Å². The number of aliphatic hydroxyl groups excluding tert-OH is 1. The zero-order chi connectivity index (χ0) is 15.5. The lowest BCUT2D eigenvalue weighted by atomic mass is 10.2. The molecule has 0 fully saturated rings. The first kappa shape index (κ1) is 17.3. The molecule has 0 atom stereocenters. The molecule has 118 valence electrons. The van der Waals surface area contributed by atoms with E-state index < -0.39 is 0 Å². The van der Waals surface area contributed by atoms with Gasteiger partial charge in [0, 0.05) is 31.9 Å². The Hall–Kier alpha value is -1.75. The van der Waals surface area contributed by atoms with Crippen molar-refractivity contribution in [3.63, 3.8) is 0 Å². The number of aliphatic hydroxyl groups is 1. The Balaban J connectivity index is 2.51. The SMILES string of the molecule is CCNC(=NCCO)NCCN(CC)c1cccc(C)c1. The van der Waals surface area contributed by atoms with Gasteiger partial charge in [0.25, 0.3) is 0 Å². The molecule has 1 aromatic rings. The van der Waals surface area contributed by atoms with Crippen LogP contribution in [0.5, 0.6) is 0 Å². The van der Waals surface area contributed by atoms with Gasteiger partial charge < -0.3 is 20.6 Å². The molecule has 0 aliphatic rings. The first-order chi connectivity index (χ1) is 10.2.